The Labute approximate surface area is 242 Å². The molecular formula is C21H41O18P3. The van der Waals surface area contributed by atoms with E-state index >= 15 is 0 Å². The summed E-state index contributed by atoms with van der Waals surface area (Å²) in [6.07, 6.45) is -8.52. The molecule has 1 saturated carbocycles. The van der Waals surface area contributed by atoms with Gasteiger partial charge < -0.3 is 44.2 Å². The van der Waals surface area contributed by atoms with Gasteiger partial charge in [0.05, 0.1) is 12.7 Å². The summed E-state index contributed by atoms with van der Waals surface area (Å²) < 4.78 is 63.9. The minimum atomic E-state index is -5.47. The summed E-state index contributed by atoms with van der Waals surface area (Å²) in [6.45, 7) is 2.52. The maximum absolute atomic E-state index is 12.7. The van der Waals surface area contributed by atoms with Gasteiger partial charge in [-0.2, -0.15) is 0 Å². The van der Waals surface area contributed by atoms with Crippen LogP contribution < -0.4 is 0 Å². The average molecular weight is 674 g/mol. The second-order valence-corrected chi connectivity index (χ2v) is 13.3. The lowest BCUT2D eigenvalue weighted by molar-refractivity contribution is -0.168. The SMILES string of the molecule is CCCCCC(=O)OCC(COP(=O)(O)OC1CC(O)C(OP(=O)(O)O)C(OP(=O)(O)O)C1O)OC(=O)CCCCC. The van der Waals surface area contributed by atoms with Crippen molar-refractivity contribution >= 4 is 35.4 Å². The molecule has 1 aliphatic carbocycles. The largest absolute Gasteiger partial charge is 0.472 e. The Kier molecular flexibility index (Phi) is 17.0. The van der Waals surface area contributed by atoms with Crippen LogP contribution in [0.3, 0.4) is 0 Å². The van der Waals surface area contributed by atoms with Gasteiger partial charge in [0.25, 0.3) is 0 Å². The molecule has 7 unspecified atom stereocenters. The van der Waals surface area contributed by atoms with Gasteiger partial charge >= 0.3 is 35.4 Å². The fourth-order valence-electron chi connectivity index (χ4n) is 3.85. The number of hydrogen-bond donors (Lipinski definition) is 7. The second kappa shape index (κ2) is 18.2. The van der Waals surface area contributed by atoms with Crippen LogP contribution in [0, 0.1) is 0 Å². The normalized spacial score (nSPS) is 25.4. The standard InChI is InChI=1S/C21H41O18P3/c1-3-5-7-9-17(23)34-12-14(36-18(24)10-8-6-4-2)13-35-42(32,33)37-16-11-15(22)20(38-40(26,27)28)21(19(16)25)39-41(29,30)31/h14-16,19-22,25H,3-13H2,1-2H3,(H,32,33)(H2,26,27,28)(H2,29,30,31). The van der Waals surface area contributed by atoms with Crippen LogP contribution in [-0.2, 0) is 50.9 Å². The molecule has 7 N–H and O–H groups in total. The van der Waals surface area contributed by atoms with Crippen molar-refractivity contribution in [2.45, 2.75) is 108 Å². The first-order valence-corrected chi connectivity index (χ1v) is 17.8. The lowest BCUT2D eigenvalue weighted by atomic mass is 9.87. The molecule has 1 fully saturated rings. The van der Waals surface area contributed by atoms with Crippen LogP contribution in [0.25, 0.3) is 0 Å². The highest BCUT2D eigenvalue weighted by molar-refractivity contribution is 7.47. The summed E-state index contributed by atoms with van der Waals surface area (Å²) >= 11 is 0. The molecule has 18 nitrogen and oxygen atoms in total. The van der Waals surface area contributed by atoms with Crippen LogP contribution in [-0.4, -0.2) is 96.5 Å². The number of esters is 2. The summed E-state index contributed by atoms with van der Waals surface area (Å²) in [6, 6.07) is 0. The zero-order valence-corrected chi connectivity index (χ0v) is 25.9. The molecule has 42 heavy (non-hydrogen) atoms. The van der Waals surface area contributed by atoms with Crippen LogP contribution in [0.5, 0.6) is 0 Å². The molecule has 1 rings (SSSR count). The molecule has 0 aliphatic heterocycles. The number of phosphoric acid groups is 3. The van der Waals surface area contributed by atoms with E-state index in [1.54, 1.807) is 0 Å². The van der Waals surface area contributed by atoms with E-state index in [1.165, 1.54) is 0 Å². The van der Waals surface area contributed by atoms with Crippen LogP contribution in [0.4, 0.5) is 0 Å². The fourth-order valence-corrected chi connectivity index (χ4v) is 5.96. The molecule has 0 heterocycles. The van der Waals surface area contributed by atoms with E-state index in [2.05, 4.69) is 9.05 Å². The molecule has 0 amide bonds. The molecule has 0 spiro atoms. The number of aliphatic hydroxyl groups is 2. The van der Waals surface area contributed by atoms with E-state index in [0.717, 1.165) is 25.7 Å². The predicted molar refractivity (Wildman–Crippen MR) is 140 cm³/mol. The Morgan fingerprint density at radius 1 is 0.762 bits per heavy atom. The minimum absolute atomic E-state index is 0.0209. The van der Waals surface area contributed by atoms with E-state index < -0.39 is 91.7 Å². The Morgan fingerprint density at radius 3 is 1.81 bits per heavy atom. The first kappa shape index (κ1) is 39.2. The van der Waals surface area contributed by atoms with Crippen LogP contribution in [0.2, 0.25) is 0 Å². The van der Waals surface area contributed by atoms with Crippen molar-refractivity contribution in [3.63, 3.8) is 0 Å². The number of carbonyl (C=O) groups is 2. The number of hydrogen-bond acceptors (Lipinski definition) is 13. The smallest absolute Gasteiger partial charge is 0.462 e. The molecule has 0 saturated heterocycles. The molecular weight excluding hydrogens is 633 g/mol. The third-order valence-corrected chi connectivity index (χ3v) is 7.85. The van der Waals surface area contributed by atoms with E-state index in [4.69, 9.17) is 38.1 Å². The number of carbonyl (C=O) groups excluding carboxylic acids is 2. The van der Waals surface area contributed by atoms with E-state index in [0.29, 0.717) is 12.8 Å². The van der Waals surface area contributed by atoms with E-state index in [1.807, 2.05) is 13.8 Å². The van der Waals surface area contributed by atoms with E-state index in [9.17, 15) is 38.4 Å². The molecule has 0 radical (unpaired) electrons. The van der Waals surface area contributed by atoms with Crippen molar-refractivity contribution in [2.75, 3.05) is 13.2 Å². The van der Waals surface area contributed by atoms with Crippen molar-refractivity contribution < 1.29 is 85.5 Å². The number of rotatable bonds is 20. The summed E-state index contributed by atoms with van der Waals surface area (Å²) in [5.74, 6) is -1.28. The molecule has 0 bridgehead atoms. The lowest BCUT2D eigenvalue weighted by Gasteiger charge is -2.41. The fraction of sp³-hybridized carbons (Fsp3) is 0.905. The molecule has 0 aromatic carbocycles. The van der Waals surface area contributed by atoms with Crippen molar-refractivity contribution in [1.82, 2.24) is 0 Å². The first-order chi connectivity index (χ1) is 19.4. The molecule has 21 heteroatoms. The third kappa shape index (κ3) is 16.3. The van der Waals surface area contributed by atoms with Crippen LogP contribution in [0.1, 0.15) is 71.6 Å². The quantitative estimate of drug-likeness (QED) is 0.0542. The monoisotopic (exact) mass is 674 g/mol. The zero-order chi connectivity index (χ0) is 32.1. The van der Waals surface area contributed by atoms with Gasteiger partial charge in [0.2, 0.25) is 0 Å². The highest BCUT2D eigenvalue weighted by atomic mass is 31.2. The summed E-state index contributed by atoms with van der Waals surface area (Å²) in [7, 11) is -16.0. The van der Waals surface area contributed by atoms with Gasteiger partial charge in [-0.25, -0.2) is 13.7 Å². The number of unbranched alkanes of at least 4 members (excludes halogenated alkanes) is 4. The van der Waals surface area contributed by atoms with Gasteiger partial charge in [-0.15, -0.1) is 0 Å². The van der Waals surface area contributed by atoms with E-state index in [-0.39, 0.29) is 12.8 Å². The Morgan fingerprint density at radius 2 is 1.29 bits per heavy atom. The minimum Gasteiger partial charge on any atom is -0.462 e. The highest BCUT2D eigenvalue weighted by Crippen LogP contribution is 2.51. The third-order valence-electron chi connectivity index (χ3n) is 5.80. The van der Waals surface area contributed by atoms with Gasteiger partial charge in [0.1, 0.15) is 31.0 Å². The van der Waals surface area contributed by atoms with Crippen LogP contribution in [0.15, 0.2) is 0 Å². The number of aliphatic hydroxyl groups excluding tert-OH is 2. The van der Waals surface area contributed by atoms with Crippen molar-refractivity contribution in [3.05, 3.63) is 0 Å². The lowest BCUT2D eigenvalue weighted by Crippen LogP contribution is -2.57. The summed E-state index contributed by atoms with van der Waals surface area (Å²) in [5.41, 5.74) is 0. The van der Waals surface area contributed by atoms with Crippen molar-refractivity contribution in [1.29, 1.82) is 0 Å². The number of ether oxygens (including phenoxy) is 2. The maximum atomic E-state index is 12.7. The van der Waals surface area contributed by atoms with Gasteiger partial charge in [-0.3, -0.25) is 27.7 Å². The Balaban J connectivity index is 2.95. The second-order valence-electron chi connectivity index (χ2n) is 9.53. The molecule has 1 aliphatic rings. The first-order valence-electron chi connectivity index (χ1n) is 13.2. The highest BCUT2D eigenvalue weighted by Gasteiger charge is 2.52. The van der Waals surface area contributed by atoms with Gasteiger partial charge in [0.15, 0.2) is 6.10 Å². The topological polar surface area (TPSA) is 282 Å². The predicted octanol–water partition coefficient (Wildman–Crippen LogP) is 1.19. The average Bonchev–Trinajstić information content (AvgIpc) is 2.85. The zero-order valence-electron chi connectivity index (χ0n) is 23.2. The Bertz CT molecular complexity index is 982. The molecule has 0 aromatic heterocycles. The van der Waals surface area contributed by atoms with Gasteiger partial charge in [-0.1, -0.05) is 39.5 Å². The van der Waals surface area contributed by atoms with Gasteiger partial charge in [0, 0.05) is 19.3 Å². The maximum Gasteiger partial charge on any atom is 0.472 e. The summed E-state index contributed by atoms with van der Waals surface area (Å²) in [4.78, 5) is 70.8. The molecule has 0 aromatic rings. The van der Waals surface area contributed by atoms with Gasteiger partial charge in [-0.05, 0) is 12.8 Å². The van der Waals surface area contributed by atoms with Crippen LogP contribution >= 0.6 is 23.5 Å². The Hall–Kier alpha value is -0.810. The van der Waals surface area contributed by atoms with Crippen molar-refractivity contribution in [2.24, 2.45) is 0 Å². The van der Waals surface area contributed by atoms with Crippen molar-refractivity contribution in [3.8, 4) is 0 Å². The molecule has 7 atom stereocenters. The molecule has 248 valence electrons. The summed E-state index contributed by atoms with van der Waals surface area (Å²) in [5, 5.41) is 20.8. The number of phosphoric ester groups is 3.